The van der Waals surface area contributed by atoms with E-state index in [1.54, 1.807) is 0 Å². The molecule has 0 spiro atoms. The Morgan fingerprint density at radius 2 is 2.14 bits per heavy atom. The van der Waals surface area contributed by atoms with Gasteiger partial charge in [0.25, 0.3) is 5.89 Å². The minimum absolute atomic E-state index is 0.0551. The zero-order valence-corrected chi connectivity index (χ0v) is 8.56. The van der Waals surface area contributed by atoms with Gasteiger partial charge in [-0.05, 0) is 13.1 Å². The Labute approximate surface area is 83.1 Å². The Hall–Kier alpha value is -1.23. The Balaban J connectivity index is 2.40. The van der Waals surface area contributed by atoms with Gasteiger partial charge >= 0.3 is 0 Å². The third kappa shape index (κ3) is 2.92. The lowest BCUT2D eigenvalue weighted by molar-refractivity contribution is 0.108. The van der Waals surface area contributed by atoms with Crippen LogP contribution in [-0.4, -0.2) is 41.0 Å². The van der Waals surface area contributed by atoms with Crippen molar-refractivity contribution in [3.8, 4) is 0 Å². The van der Waals surface area contributed by atoms with E-state index >= 15 is 0 Å². The van der Waals surface area contributed by atoms with Crippen molar-refractivity contribution in [2.45, 2.75) is 20.3 Å². The molecule has 0 fully saturated rings. The zero-order valence-electron chi connectivity index (χ0n) is 8.56. The van der Waals surface area contributed by atoms with E-state index in [0.717, 1.165) is 26.1 Å². The molecule has 0 amide bonds. The molecule has 0 aliphatic heterocycles. The van der Waals surface area contributed by atoms with Crippen molar-refractivity contribution in [1.82, 2.24) is 15.0 Å². The first-order valence-corrected chi connectivity index (χ1v) is 4.80. The summed E-state index contributed by atoms with van der Waals surface area (Å²) < 4.78 is 4.67. The molecular weight excluding hydrogens is 182 g/mol. The van der Waals surface area contributed by atoms with E-state index < -0.39 is 0 Å². The molecule has 1 rings (SSSR count). The Morgan fingerprint density at radius 3 is 2.64 bits per heavy atom. The van der Waals surface area contributed by atoms with Gasteiger partial charge in [-0.1, -0.05) is 19.0 Å². The summed E-state index contributed by atoms with van der Waals surface area (Å²) in [6, 6.07) is 0. The van der Waals surface area contributed by atoms with Gasteiger partial charge in [-0.25, -0.2) is 0 Å². The molecule has 0 aliphatic carbocycles. The Bertz CT molecular complexity index is 281. The van der Waals surface area contributed by atoms with E-state index in [9.17, 15) is 4.79 Å². The van der Waals surface area contributed by atoms with Crippen molar-refractivity contribution in [3.63, 3.8) is 0 Å². The summed E-state index contributed by atoms with van der Waals surface area (Å²) in [5, 5.41) is 3.68. The van der Waals surface area contributed by atoms with Gasteiger partial charge in [0.2, 0.25) is 6.29 Å². The fraction of sp³-hybridized carbons (Fsp3) is 0.667. The Kier molecular flexibility index (Phi) is 4.25. The zero-order chi connectivity index (χ0) is 10.4. The van der Waals surface area contributed by atoms with Crippen molar-refractivity contribution in [2.24, 2.45) is 0 Å². The highest BCUT2D eigenvalue weighted by Gasteiger charge is 2.06. The third-order valence-corrected chi connectivity index (χ3v) is 2.13. The third-order valence-electron chi connectivity index (χ3n) is 2.13. The number of carbonyl (C=O) groups is 1. The first-order chi connectivity index (χ1) is 6.80. The van der Waals surface area contributed by atoms with Gasteiger partial charge in [-0.15, -0.1) is 0 Å². The molecular formula is C9H15N3O2. The van der Waals surface area contributed by atoms with Gasteiger partial charge in [-0.3, -0.25) is 4.79 Å². The predicted octanol–water partition coefficient (Wildman–Crippen LogP) is 0.766. The lowest BCUT2D eigenvalue weighted by atomic mass is 10.3. The number of hydrogen-bond donors (Lipinski definition) is 0. The highest BCUT2D eigenvalue weighted by atomic mass is 16.5. The number of nitrogens with zero attached hydrogens (tertiary/aromatic N) is 3. The molecule has 0 unspecified atom stereocenters. The molecule has 0 aromatic carbocycles. The van der Waals surface area contributed by atoms with Crippen LogP contribution >= 0.6 is 0 Å². The fourth-order valence-electron chi connectivity index (χ4n) is 1.21. The van der Waals surface area contributed by atoms with Crippen LogP contribution in [0.5, 0.6) is 0 Å². The highest BCUT2D eigenvalue weighted by Crippen LogP contribution is 1.97. The minimum Gasteiger partial charge on any atom is -0.331 e. The van der Waals surface area contributed by atoms with Gasteiger partial charge in [0.05, 0.1) is 0 Å². The van der Waals surface area contributed by atoms with E-state index in [1.807, 2.05) is 0 Å². The Morgan fingerprint density at radius 1 is 1.43 bits per heavy atom. The molecule has 0 atom stereocenters. The molecule has 1 heterocycles. The maximum atomic E-state index is 10.3. The minimum atomic E-state index is 0.0551. The molecule has 0 N–H and O–H groups in total. The molecule has 5 heteroatoms. The standard InChI is InChI=1S/C9H15N3O2/c1-3-12(4-2)6-5-8-10-9(7-13)14-11-8/h7H,3-6H2,1-2H3. The number of aldehydes is 1. The van der Waals surface area contributed by atoms with E-state index in [1.165, 1.54) is 0 Å². The first-order valence-electron chi connectivity index (χ1n) is 4.80. The maximum Gasteiger partial charge on any atom is 0.290 e. The van der Waals surface area contributed by atoms with Gasteiger partial charge in [0.1, 0.15) is 0 Å². The first kappa shape index (κ1) is 10.8. The van der Waals surface area contributed by atoms with Crippen molar-refractivity contribution in [2.75, 3.05) is 19.6 Å². The summed E-state index contributed by atoms with van der Waals surface area (Å²) in [6.07, 6.45) is 1.28. The fourth-order valence-corrected chi connectivity index (χ4v) is 1.21. The van der Waals surface area contributed by atoms with Gasteiger partial charge in [0.15, 0.2) is 5.82 Å². The predicted molar refractivity (Wildman–Crippen MR) is 51.2 cm³/mol. The number of aromatic nitrogens is 2. The summed E-state index contributed by atoms with van der Waals surface area (Å²) in [6.45, 7) is 7.13. The van der Waals surface area contributed by atoms with Crippen LogP contribution in [0.3, 0.4) is 0 Å². The normalized spacial score (nSPS) is 10.8. The number of likely N-dealkylation sites (N-methyl/N-ethyl adjacent to an activating group) is 1. The van der Waals surface area contributed by atoms with Crippen LogP contribution < -0.4 is 0 Å². The van der Waals surface area contributed by atoms with Crippen LogP contribution in [0.25, 0.3) is 0 Å². The van der Waals surface area contributed by atoms with Crippen molar-refractivity contribution < 1.29 is 9.32 Å². The van der Waals surface area contributed by atoms with Gasteiger partial charge in [-0.2, -0.15) is 4.98 Å². The molecule has 78 valence electrons. The summed E-state index contributed by atoms with van der Waals surface area (Å²) in [4.78, 5) is 16.4. The second kappa shape index (κ2) is 5.49. The molecule has 1 aromatic heterocycles. The largest absolute Gasteiger partial charge is 0.331 e. The van der Waals surface area contributed by atoms with Gasteiger partial charge < -0.3 is 9.42 Å². The van der Waals surface area contributed by atoms with Gasteiger partial charge in [0, 0.05) is 13.0 Å². The molecule has 0 aliphatic rings. The van der Waals surface area contributed by atoms with E-state index in [0.29, 0.717) is 12.1 Å². The van der Waals surface area contributed by atoms with Crippen molar-refractivity contribution in [3.05, 3.63) is 11.7 Å². The van der Waals surface area contributed by atoms with E-state index in [2.05, 4.69) is 33.4 Å². The van der Waals surface area contributed by atoms with Crippen LogP contribution in [-0.2, 0) is 6.42 Å². The molecule has 0 radical (unpaired) electrons. The topological polar surface area (TPSA) is 59.2 Å². The van der Waals surface area contributed by atoms with E-state index in [4.69, 9.17) is 0 Å². The second-order valence-electron chi connectivity index (χ2n) is 2.94. The quantitative estimate of drug-likeness (QED) is 0.630. The molecule has 14 heavy (non-hydrogen) atoms. The monoisotopic (exact) mass is 197 g/mol. The summed E-state index contributed by atoms with van der Waals surface area (Å²) >= 11 is 0. The summed E-state index contributed by atoms with van der Waals surface area (Å²) in [5.74, 6) is 0.651. The highest BCUT2D eigenvalue weighted by molar-refractivity contribution is 5.66. The number of rotatable bonds is 6. The van der Waals surface area contributed by atoms with E-state index in [-0.39, 0.29) is 5.89 Å². The molecule has 0 saturated carbocycles. The van der Waals surface area contributed by atoms with Crippen LogP contribution in [0.4, 0.5) is 0 Å². The molecule has 5 nitrogen and oxygen atoms in total. The van der Waals surface area contributed by atoms with Crippen LogP contribution in [0.15, 0.2) is 4.52 Å². The number of hydrogen-bond acceptors (Lipinski definition) is 5. The lowest BCUT2D eigenvalue weighted by Gasteiger charge is -2.16. The number of carbonyl (C=O) groups excluding carboxylic acids is 1. The molecule has 1 aromatic rings. The SMILES string of the molecule is CCN(CC)CCc1noc(C=O)n1. The molecule has 0 saturated heterocycles. The lowest BCUT2D eigenvalue weighted by Crippen LogP contribution is -2.25. The average molecular weight is 197 g/mol. The summed E-state index contributed by atoms with van der Waals surface area (Å²) in [5.41, 5.74) is 0. The smallest absolute Gasteiger partial charge is 0.290 e. The van der Waals surface area contributed by atoms with Crippen LogP contribution in [0, 0.1) is 0 Å². The maximum absolute atomic E-state index is 10.3. The summed E-state index contributed by atoms with van der Waals surface area (Å²) in [7, 11) is 0. The van der Waals surface area contributed by atoms with Crippen LogP contribution in [0.1, 0.15) is 30.4 Å². The average Bonchev–Trinajstić information content (AvgIpc) is 2.67. The van der Waals surface area contributed by atoms with Crippen molar-refractivity contribution >= 4 is 6.29 Å². The molecule has 0 bridgehead atoms. The van der Waals surface area contributed by atoms with Crippen molar-refractivity contribution in [1.29, 1.82) is 0 Å². The van der Waals surface area contributed by atoms with Crippen LogP contribution in [0.2, 0.25) is 0 Å². The second-order valence-corrected chi connectivity index (χ2v) is 2.94.